The molecule has 164 valence electrons. The number of nitrogens with zero attached hydrogens (tertiary/aromatic N) is 1. The van der Waals surface area contributed by atoms with Gasteiger partial charge in [-0.3, -0.25) is 0 Å². The third-order valence-corrected chi connectivity index (χ3v) is 8.70. The number of hydrogen-bond acceptors (Lipinski definition) is 5. The lowest BCUT2D eigenvalue weighted by Gasteiger charge is -2.38. The van der Waals surface area contributed by atoms with Crippen molar-refractivity contribution < 1.29 is 17.9 Å². The van der Waals surface area contributed by atoms with Crippen molar-refractivity contribution in [3.63, 3.8) is 0 Å². The number of sulfonamides is 1. The Morgan fingerprint density at radius 1 is 1.00 bits per heavy atom. The number of ether oxygens (including phenoxy) is 2. The molecule has 2 aromatic rings. The number of methoxy groups -OCH3 is 2. The maximum absolute atomic E-state index is 13.1. The smallest absolute Gasteiger partial charge is 0.243 e. The van der Waals surface area contributed by atoms with Crippen LogP contribution in [0, 0.1) is 5.92 Å². The molecule has 1 saturated heterocycles. The summed E-state index contributed by atoms with van der Waals surface area (Å²) in [7, 11) is -0.150. The maximum Gasteiger partial charge on any atom is 0.243 e. The van der Waals surface area contributed by atoms with E-state index in [-0.39, 0.29) is 12.0 Å². The molecule has 7 heteroatoms. The summed E-state index contributed by atoms with van der Waals surface area (Å²) in [5, 5.41) is 3.68. The summed E-state index contributed by atoms with van der Waals surface area (Å²) < 4.78 is 38.7. The summed E-state index contributed by atoms with van der Waals surface area (Å²) in [6.07, 6.45) is 7.25. The minimum atomic E-state index is -3.43. The predicted molar refractivity (Wildman–Crippen MR) is 120 cm³/mol. The second-order valence-corrected chi connectivity index (χ2v) is 10.4. The van der Waals surface area contributed by atoms with Crippen LogP contribution < -0.4 is 14.8 Å². The average Bonchev–Trinajstić information content (AvgIpc) is 3.50. The van der Waals surface area contributed by atoms with Crippen LogP contribution in [0.1, 0.15) is 42.3 Å². The van der Waals surface area contributed by atoms with E-state index in [1.165, 1.54) is 0 Å². The van der Waals surface area contributed by atoms with Gasteiger partial charge in [-0.15, -0.1) is 0 Å². The minimum absolute atomic E-state index is 0.105. The van der Waals surface area contributed by atoms with Crippen LogP contribution in [0.3, 0.4) is 0 Å². The molecule has 3 atom stereocenters. The zero-order valence-corrected chi connectivity index (χ0v) is 18.7. The fourth-order valence-electron chi connectivity index (χ4n) is 5.19. The summed E-state index contributed by atoms with van der Waals surface area (Å²) >= 11 is 0. The molecule has 0 aromatic heterocycles. The Bertz CT molecular complexity index is 1120. The van der Waals surface area contributed by atoms with Gasteiger partial charge >= 0.3 is 0 Å². The standard InChI is InChI=1S/C24H28N2O4S/c1-29-22-11-8-16(14-23(22)30-2)24-19-7-5-6-18(19)20-15-17(9-10-21(20)25-24)31(27,28)26-12-3-4-13-26/h5-6,8-11,14-15,18-19,24-25H,3-4,7,12-13H2,1-2H3. The lowest BCUT2D eigenvalue weighted by molar-refractivity contribution is 0.353. The van der Waals surface area contributed by atoms with Crippen LogP contribution in [0.5, 0.6) is 11.5 Å². The van der Waals surface area contributed by atoms with Gasteiger partial charge in [0.05, 0.1) is 25.2 Å². The van der Waals surface area contributed by atoms with Crippen molar-refractivity contribution in [2.75, 3.05) is 32.6 Å². The zero-order valence-electron chi connectivity index (χ0n) is 17.9. The first-order chi connectivity index (χ1) is 15.0. The summed E-state index contributed by atoms with van der Waals surface area (Å²) in [4.78, 5) is 0.401. The Morgan fingerprint density at radius 2 is 1.77 bits per heavy atom. The Balaban J connectivity index is 1.51. The number of rotatable bonds is 5. The molecule has 2 aromatic carbocycles. The average molecular weight is 441 g/mol. The SMILES string of the molecule is COc1ccc(C2Nc3ccc(S(=O)(=O)N4CCCC4)cc3C3C=CCC32)cc1OC. The van der Waals surface area contributed by atoms with E-state index in [2.05, 4.69) is 23.5 Å². The van der Waals surface area contributed by atoms with Crippen molar-refractivity contribution >= 4 is 15.7 Å². The topological polar surface area (TPSA) is 67.9 Å². The lowest BCUT2D eigenvalue weighted by Crippen LogP contribution is -2.30. The number of hydrogen-bond donors (Lipinski definition) is 1. The Hall–Kier alpha value is -2.51. The van der Waals surface area contributed by atoms with Gasteiger partial charge in [0.1, 0.15) is 0 Å². The molecule has 0 saturated carbocycles. The van der Waals surface area contributed by atoms with E-state index in [0.29, 0.717) is 35.4 Å². The van der Waals surface area contributed by atoms with Crippen LogP contribution in [0.25, 0.3) is 0 Å². The molecular formula is C24H28N2O4S. The Kier molecular flexibility index (Phi) is 5.18. The molecule has 5 rings (SSSR count). The number of anilines is 1. The van der Waals surface area contributed by atoms with Crippen LogP contribution in [-0.2, 0) is 10.0 Å². The van der Waals surface area contributed by atoms with E-state index < -0.39 is 10.0 Å². The molecule has 0 amide bonds. The highest BCUT2D eigenvalue weighted by Gasteiger charge is 2.39. The maximum atomic E-state index is 13.1. The molecule has 3 unspecified atom stereocenters. The molecular weight excluding hydrogens is 412 g/mol. The van der Waals surface area contributed by atoms with Crippen molar-refractivity contribution in [2.45, 2.75) is 36.1 Å². The quantitative estimate of drug-likeness (QED) is 0.702. The highest BCUT2D eigenvalue weighted by Crippen LogP contribution is 2.51. The van der Waals surface area contributed by atoms with Gasteiger partial charge in [-0.2, -0.15) is 4.31 Å². The number of nitrogens with one attached hydrogen (secondary N) is 1. The fraction of sp³-hybridized carbons (Fsp3) is 0.417. The van der Waals surface area contributed by atoms with Gasteiger partial charge in [-0.1, -0.05) is 18.2 Å². The molecule has 6 nitrogen and oxygen atoms in total. The number of fused-ring (bicyclic) bond motifs is 3. The molecule has 31 heavy (non-hydrogen) atoms. The second kappa shape index (κ2) is 7.88. The van der Waals surface area contributed by atoms with E-state index >= 15 is 0 Å². The molecule has 1 N–H and O–H groups in total. The predicted octanol–water partition coefficient (Wildman–Crippen LogP) is 4.31. The van der Waals surface area contributed by atoms with Gasteiger partial charge in [-0.05, 0) is 66.6 Å². The highest BCUT2D eigenvalue weighted by atomic mass is 32.2. The summed E-state index contributed by atoms with van der Waals surface area (Å²) in [6, 6.07) is 11.7. The molecule has 2 heterocycles. The van der Waals surface area contributed by atoms with Crippen LogP contribution in [0.15, 0.2) is 53.4 Å². The first-order valence-electron chi connectivity index (χ1n) is 10.8. The molecule has 0 radical (unpaired) electrons. The summed E-state index contributed by atoms with van der Waals surface area (Å²) in [6.45, 7) is 1.23. The van der Waals surface area contributed by atoms with Gasteiger partial charge in [-0.25, -0.2) is 8.42 Å². The first-order valence-corrected chi connectivity index (χ1v) is 12.3. The van der Waals surface area contributed by atoms with Crippen molar-refractivity contribution in [1.82, 2.24) is 4.31 Å². The van der Waals surface area contributed by atoms with Crippen molar-refractivity contribution in [3.05, 3.63) is 59.7 Å². The van der Waals surface area contributed by atoms with Gasteiger partial charge < -0.3 is 14.8 Å². The zero-order chi connectivity index (χ0) is 21.6. The first kappa shape index (κ1) is 20.4. The normalized spacial score (nSPS) is 25.0. The van der Waals surface area contributed by atoms with E-state index in [9.17, 15) is 8.42 Å². The third-order valence-electron chi connectivity index (χ3n) is 6.80. The van der Waals surface area contributed by atoms with Gasteiger partial charge in [0.15, 0.2) is 11.5 Å². The molecule has 1 aliphatic carbocycles. The van der Waals surface area contributed by atoms with Crippen LogP contribution >= 0.6 is 0 Å². The summed E-state index contributed by atoms with van der Waals surface area (Å²) in [5.74, 6) is 1.92. The van der Waals surface area contributed by atoms with Crippen molar-refractivity contribution in [3.8, 4) is 11.5 Å². The number of benzene rings is 2. The van der Waals surface area contributed by atoms with Crippen molar-refractivity contribution in [2.24, 2.45) is 5.92 Å². The second-order valence-electron chi connectivity index (χ2n) is 8.45. The molecule has 1 fully saturated rings. The van der Waals surface area contributed by atoms with Crippen LogP contribution in [0.4, 0.5) is 5.69 Å². The van der Waals surface area contributed by atoms with Gasteiger partial charge in [0, 0.05) is 24.7 Å². The lowest BCUT2D eigenvalue weighted by atomic mass is 9.77. The summed E-state index contributed by atoms with van der Waals surface area (Å²) in [5.41, 5.74) is 3.19. The third kappa shape index (κ3) is 3.40. The van der Waals surface area contributed by atoms with E-state index in [0.717, 1.165) is 36.1 Å². The largest absolute Gasteiger partial charge is 0.493 e. The Labute approximate surface area is 183 Å². The number of allylic oxidation sites excluding steroid dienone is 2. The van der Waals surface area contributed by atoms with Gasteiger partial charge in [0.25, 0.3) is 0 Å². The minimum Gasteiger partial charge on any atom is -0.493 e. The van der Waals surface area contributed by atoms with E-state index in [1.54, 1.807) is 24.6 Å². The molecule has 3 aliphatic rings. The highest BCUT2D eigenvalue weighted by molar-refractivity contribution is 7.89. The molecule has 0 spiro atoms. The molecule has 2 aliphatic heterocycles. The van der Waals surface area contributed by atoms with Crippen LogP contribution in [-0.4, -0.2) is 40.0 Å². The van der Waals surface area contributed by atoms with E-state index in [1.807, 2.05) is 24.3 Å². The molecule has 0 bridgehead atoms. The van der Waals surface area contributed by atoms with Crippen LogP contribution in [0.2, 0.25) is 0 Å². The van der Waals surface area contributed by atoms with E-state index in [4.69, 9.17) is 9.47 Å². The fourth-order valence-corrected chi connectivity index (χ4v) is 6.74. The monoisotopic (exact) mass is 440 g/mol. The Morgan fingerprint density at radius 3 is 2.52 bits per heavy atom. The van der Waals surface area contributed by atoms with Crippen molar-refractivity contribution in [1.29, 1.82) is 0 Å². The van der Waals surface area contributed by atoms with Gasteiger partial charge in [0.2, 0.25) is 10.0 Å².